The SMILES string of the molecule is C=NC.Cc1cc(CN(C)C)cc(C)c1O. The number of rotatable bonds is 2. The number of aryl methyl sites for hydroxylation is 2. The Balaban J connectivity index is 0.000000673. The van der Waals surface area contributed by atoms with Crippen LogP contribution >= 0.6 is 0 Å². The van der Waals surface area contributed by atoms with Crippen molar-refractivity contribution in [2.24, 2.45) is 4.99 Å². The summed E-state index contributed by atoms with van der Waals surface area (Å²) in [4.78, 5) is 5.37. The Morgan fingerprint density at radius 3 is 1.94 bits per heavy atom. The molecule has 1 aromatic carbocycles. The molecule has 0 heterocycles. The topological polar surface area (TPSA) is 35.8 Å². The van der Waals surface area contributed by atoms with Crippen LogP contribution in [0.1, 0.15) is 16.7 Å². The van der Waals surface area contributed by atoms with Gasteiger partial charge in [-0.05, 0) is 51.4 Å². The highest BCUT2D eigenvalue weighted by atomic mass is 16.3. The van der Waals surface area contributed by atoms with Crippen molar-refractivity contribution in [2.45, 2.75) is 20.4 Å². The lowest BCUT2D eigenvalue weighted by Gasteiger charge is -2.12. The van der Waals surface area contributed by atoms with Crippen molar-refractivity contribution in [3.63, 3.8) is 0 Å². The summed E-state index contributed by atoms with van der Waals surface area (Å²) < 4.78 is 0. The van der Waals surface area contributed by atoms with Crippen LogP contribution in [0.5, 0.6) is 5.75 Å². The van der Waals surface area contributed by atoms with Gasteiger partial charge in [-0.2, -0.15) is 0 Å². The van der Waals surface area contributed by atoms with Gasteiger partial charge in [0.2, 0.25) is 0 Å². The normalized spacial score (nSPS) is 9.62. The molecule has 0 aliphatic heterocycles. The highest BCUT2D eigenvalue weighted by Crippen LogP contribution is 2.23. The summed E-state index contributed by atoms with van der Waals surface area (Å²) in [5.74, 6) is 0.419. The average molecular weight is 222 g/mol. The van der Waals surface area contributed by atoms with Gasteiger partial charge in [-0.15, -0.1) is 0 Å². The Labute approximate surface area is 98.4 Å². The molecule has 0 atom stereocenters. The van der Waals surface area contributed by atoms with Gasteiger partial charge in [0.25, 0.3) is 0 Å². The summed E-state index contributed by atoms with van der Waals surface area (Å²) in [7, 11) is 5.72. The van der Waals surface area contributed by atoms with Crippen LogP contribution in [0.15, 0.2) is 17.1 Å². The lowest BCUT2D eigenvalue weighted by molar-refractivity contribution is 0.401. The highest BCUT2D eigenvalue weighted by Gasteiger charge is 2.03. The van der Waals surface area contributed by atoms with Gasteiger partial charge in [0.1, 0.15) is 5.75 Å². The van der Waals surface area contributed by atoms with Crippen LogP contribution in [0.25, 0.3) is 0 Å². The van der Waals surface area contributed by atoms with Crippen molar-refractivity contribution < 1.29 is 5.11 Å². The van der Waals surface area contributed by atoms with Crippen molar-refractivity contribution in [3.05, 3.63) is 28.8 Å². The predicted molar refractivity (Wildman–Crippen MR) is 70.4 cm³/mol. The van der Waals surface area contributed by atoms with Gasteiger partial charge >= 0.3 is 0 Å². The zero-order valence-electron chi connectivity index (χ0n) is 10.9. The number of phenols is 1. The molecule has 1 N–H and O–H groups in total. The zero-order chi connectivity index (χ0) is 12.7. The van der Waals surface area contributed by atoms with Gasteiger partial charge in [0.05, 0.1) is 0 Å². The quantitative estimate of drug-likeness (QED) is 0.780. The van der Waals surface area contributed by atoms with E-state index in [-0.39, 0.29) is 0 Å². The maximum Gasteiger partial charge on any atom is 0.121 e. The predicted octanol–water partition coefficient (Wildman–Crippen LogP) is 2.39. The molecule has 0 radical (unpaired) electrons. The average Bonchev–Trinajstić information content (AvgIpc) is 2.14. The molecule has 0 aromatic heterocycles. The minimum Gasteiger partial charge on any atom is -0.507 e. The van der Waals surface area contributed by atoms with E-state index >= 15 is 0 Å². The first-order chi connectivity index (χ1) is 7.42. The number of aromatic hydroxyl groups is 1. The van der Waals surface area contributed by atoms with Gasteiger partial charge in [0.15, 0.2) is 0 Å². The fourth-order valence-electron chi connectivity index (χ4n) is 1.50. The monoisotopic (exact) mass is 222 g/mol. The molecule has 90 valence electrons. The van der Waals surface area contributed by atoms with Crippen molar-refractivity contribution in [3.8, 4) is 5.75 Å². The molecule has 1 aromatic rings. The lowest BCUT2D eigenvalue weighted by Crippen LogP contribution is -2.10. The molecule has 0 aliphatic rings. The fourth-order valence-corrected chi connectivity index (χ4v) is 1.50. The van der Waals surface area contributed by atoms with E-state index in [2.05, 4.69) is 16.6 Å². The number of nitrogens with zero attached hydrogens (tertiary/aromatic N) is 2. The summed E-state index contributed by atoms with van der Waals surface area (Å²) in [6, 6.07) is 4.06. The Morgan fingerprint density at radius 1 is 1.25 bits per heavy atom. The Morgan fingerprint density at radius 2 is 1.62 bits per heavy atom. The molecular formula is C13H22N2O. The largest absolute Gasteiger partial charge is 0.507 e. The van der Waals surface area contributed by atoms with E-state index in [0.717, 1.165) is 17.7 Å². The zero-order valence-corrected chi connectivity index (χ0v) is 10.9. The van der Waals surface area contributed by atoms with Crippen molar-refractivity contribution >= 4 is 6.72 Å². The van der Waals surface area contributed by atoms with E-state index < -0.39 is 0 Å². The second-order valence-corrected chi connectivity index (χ2v) is 4.13. The molecule has 0 amide bonds. The molecular weight excluding hydrogens is 200 g/mol. The molecule has 0 bridgehead atoms. The molecule has 16 heavy (non-hydrogen) atoms. The lowest BCUT2D eigenvalue weighted by atomic mass is 10.1. The Kier molecular flexibility index (Phi) is 6.42. The van der Waals surface area contributed by atoms with E-state index in [0.29, 0.717) is 5.75 Å². The Hall–Kier alpha value is -1.35. The maximum atomic E-state index is 9.55. The van der Waals surface area contributed by atoms with Crippen LogP contribution in [0.2, 0.25) is 0 Å². The van der Waals surface area contributed by atoms with E-state index in [1.165, 1.54) is 5.56 Å². The van der Waals surface area contributed by atoms with Gasteiger partial charge in [0, 0.05) is 13.6 Å². The van der Waals surface area contributed by atoms with Crippen LogP contribution in [-0.2, 0) is 6.54 Å². The first-order valence-corrected chi connectivity index (χ1v) is 5.21. The third kappa shape index (κ3) is 4.94. The summed E-state index contributed by atoms with van der Waals surface area (Å²) >= 11 is 0. The summed E-state index contributed by atoms with van der Waals surface area (Å²) in [6.07, 6.45) is 0. The van der Waals surface area contributed by atoms with E-state index in [4.69, 9.17) is 0 Å². The van der Waals surface area contributed by atoms with Crippen LogP contribution in [0, 0.1) is 13.8 Å². The number of aliphatic imine (C=N–C) groups is 1. The standard InChI is InChI=1S/C11H17NO.C2H5N/c1-8-5-10(7-12(3)4)6-9(2)11(8)13;1-3-2/h5-6,13H,7H2,1-4H3;1H2,2H3. The second-order valence-electron chi connectivity index (χ2n) is 4.13. The summed E-state index contributed by atoms with van der Waals surface area (Å²) in [5.41, 5.74) is 3.16. The number of hydrogen-bond donors (Lipinski definition) is 1. The Bertz CT molecular complexity index is 323. The number of hydrogen-bond acceptors (Lipinski definition) is 3. The first-order valence-electron chi connectivity index (χ1n) is 5.21. The number of phenolic OH excluding ortho intramolecular Hbond substituents is 1. The van der Waals surface area contributed by atoms with Gasteiger partial charge < -0.3 is 15.0 Å². The van der Waals surface area contributed by atoms with Gasteiger partial charge in [-0.25, -0.2) is 0 Å². The van der Waals surface area contributed by atoms with Gasteiger partial charge in [-0.3, -0.25) is 0 Å². The van der Waals surface area contributed by atoms with Crippen LogP contribution in [-0.4, -0.2) is 37.9 Å². The second kappa shape index (κ2) is 7.01. The molecule has 3 nitrogen and oxygen atoms in total. The third-order valence-electron chi connectivity index (χ3n) is 2.05. The van der Waals surface area contributed by atoms with Crippen LogP contribution in [0.4, 0.5) is 0 Å². The highest BCUT2D eigenvalue weighted by molar-refractivity contribution is 5.42. The number of benzene rings is 1. The van der Waals surface area contributed by atoms with Crippen LogP contribution < -0.4 is 0 Å². The van der Waals surface area contributed by atoms with Crippen molar-refractivity contribution in [1.29, 1.82) is 0 Å². The molecule has 0 saturated heterocycles. The minimum absolute atomic E-state index is 0.419. The molecule has 0 spiro atoms. The molecule has 0 saturated carbocycles. The summed E-state index contributed by atoms with van der Waals surface area (Å²) in [5, 5.41) is 9.55. The molecule has 0 fully saturated rings. The summed E-state index contributed by atoms with van der Waals surface area (Å²) in [6.45, 7) is 7.89. The van der Waals surface area contributed by atoms with E-state index in [9.17, 15) is 5.11 Å². The first kappa shape index (κ1) is 14.6. The van der Waals surface area contributed by atoms with E-state index in [1.807, 2.05) is 40.1 Å². The molecule has 1 rings (SSSR count). The fraction of sp³-hybridized carbons (Fsp3) is 0.462. The van der Waals surface area contributed by atoms with E-state index in [1.54, 1.807) is 7.05 Å². The molecule has 0 aliphatic carbocycles. The van der Waals surface area contributed by atoms with Crippen molar-refractivity contribution in [2.75, 3.05) is 21.1 Å². The smallest absolute Gasteiger partial charge is 0.121 e. The van der Waals surface area contributed by atoms with Crippen LogP contribution in [0.3, 0.4) is 0 Å². The molecule has 0 unspecified atom stereocenters. The minimum atomic E-state index is 0.419. The molecule has 3 heteroatoms. The maximum absolute atomic E-state index is 9.55. The third-order valence-corrected chi connectivity index (χ3v) is 2.05. The van der Waals surface area contributed by atoms with Gasteiger partial charge in [-0.1, -0.05) is 12.1 Å². The van der Waals surface area contributed by atoms with Crippen molar-refractivity contribution in [1.82, 2.24) is 4.90 Å².